The molecule has 0 radical (unpaired) electrons. The summed E-state index contributed by atoms with van der Waals surface area (Å²) in [4.78, 5) is 80.6. The lowest BCUT2D eigenvalue weighted by atomic mass is 10.1. The Hall–Kier alpha value is -8.76. The van der Waals surface area contributed by atoms with Crippen molar-refractivity contribution in [3.05, 3.63) is 149 Å². The third kappa shape index (κ3) is 12.4. The Kier molecular flexibility index (Phi) is 15.1. The van der Waals surface area contributed by atoms with Gasteiger partial charge >= 0.3 is 5.97 Å². The predicted molar refractivity (Wildman–Crippen MR) is 231 cm³/mol. The average molecular weight is 855 g/mol. The van der Waals surface area contributed by atoms with Crippen molar-refractivity contribution in [3.8, 4) is 17.6 Å². The van der Waals surface area contributed by atoms with Crippen LogP contribution in [0.4, 0.5) is 22.7 Å². The van der Waals surface area contributed by atoms with E-state index in [1.54, 1.807) is 57.2 Å². The minimum Gasteiger partial charge on any atom is -0.504 e. The Morgan fingerprint density at radius 1 is 0.810 bits per heavy atom. The van der Waals surface area contributed by atoms with E-state index in [0.717, 1.165) is 10.6 Å². The molecule has 0 aliphatic rings. The molecular formula is C44H42N10O9. The second-order valence-electron chi connectivity index (χ2n) is 13.8. The molecule has 4 aromatic carbocycles. The normalized spacial score (nSPS) is 10.8. The number of pyridine rings is 1. The van der Waals surface area contributed by atoms with Crippen LogP contribution < -0.4 is 42.7 Å². The van der Waals surface area contributed by atoms with Gasteiger partial charge in [-0.15, -0.1) is 0 Å². The number of hydrazine groups is 2. The van der Waals surface area contributed by atoms with Crippen molar-refractivity contribution in [2.45, 2.75) is 33.3 Å². The Labute approximate surface area is 360 Å². The van der Waals surface area contributed by atoms with Crippen molar-refractivity contribution in [1.82, 2.24) is 20.7 Å². The first kappa shape index (κ1) is 45.3. The van der Waals surface area contributed by atoms with E-state index in [1.165, 1.54) is 73.1 Å². The fourth-order valence-electron chi connectivity index (χ4n) is 5.67. The number of hydrogen-bond donors (Lipinski definition) is 9. The van der Waals surface area contributed by atoms with E-state index >= 15 is 0 Å². The van der Waals surface area contributed by atoms with Crippen LogP contribution in [0.25, 0.3) is 0 Å². The molecular weight excluding hydrogens is 813 g/mol. The highest BCUT2D eigenvalue weighted by molar-refractivity contribution is 6.09. The molecule has 0 aliphatic heterocycles. The van der Waals surface area contributed by atoms with E-state index in [0.29, 0.717) is 16.9 Å². The second-order valence-corrected chi connectivity index (χ2v) is 13.8. The molecule has 322 valence electrons. The lowest BCUT2D eigenvalue weighted by Crippen LogP contribution is -2.42. The number of carbonyl (C=O) groups is 6. The summed E-state index contributed by atoms with van der Waals surface area (Å²) in [6.45, 7) is 4.48. The summed E-state index contributed by atoms with van der Waals surface area (Å²) in [7, 11) is 0. The summed E-state index contributed by atoms with van der Waals surface area (Å²) < 4.78 is 5.78. The Balaban J connectivity index is 1.19. The van der Waals surface area contributed by atoms with Crippen LogP contribution in [0.1, 0.15) is 73.5 Å². The minimum absolute atomic E-state index is 0.0244. The summed E-state index contributed by atoms with van der Waals surface area (Å²) in [6, 6.07) is 25.6. The fourth-order valence-corrected chi connectivity index (χ4v) is 5.67. The van der Waals surface area contributed by atoms with Gasteiger partial charge in [-0.3, -0.25) is 35.2 Å². The molecule has 19 heteroatoms. The Bertz CT molecular complexity index is 2570. The average Bonchev–Trinajstić information content (AvgIpc) is 3.26. The minimum atomic E-state index is -1.13. The van der Waals surface area contributed by atoms with Gasteiger partial charge in [-0.25, -0.2) is 14.8 Å². The summed E-state index contributed by atoms with van der Waals surface area (Å²) in [5, 5.41) is 40.8. The third-order valence-corrected chi connectivity index (χ3v) is 8.78. The molecule has 10 N–H and O–H groups in total. The van der Waals surface area contributed by atoms with Crippen LogP contribution in [0.3, 0.4) is 0 Å². The highest BCUT2D eigenvalue weighted by atomic mass is 16.5. The molecule has 1 heterocycles. The van der Waals surface area contributed by atoms with Gasteiger partial charge in [-0.05, 0) is 111 Å². The van der Waals surface area contributed by atoms with E-state index in [-0.39, 0.29) is 57.5 Å². The molecule has 1 aromatic heterocycles. The summed E-state index contributed by atoms with van der Waals surface area (Å²) in [6.07, 6.45) is 2.21. The number of allylic oxidation sites excluding steroid dienone is 1. The number of hydrogen-bond acceptors (Lipinski definition) is 13. The molecule has 0 spiro atoms. The van der Waals surface area contributed by atoms with E-state index in [9.17, 15) is 33.9 Å². The number of carboxylic acids is 1. The van der Waals surface area contributed by atoms with Crippen LogP contribution >= 0.6 is 0 Å². The van der Waals surface area contributed by atoms with Crippen molar-refractivity contribution >= 4 is 58.3 Å². The molecule has 0 saturated carbocycles. The largest absolute Gasteiger partial charge is 0.504 e. The van der Waals surface area contributed by atoms with Crippen LogP contribution in [0.5, 0.6) is 11.5 Å². The fraction of sp³-hybridized carbons (Fsp3) is 0.136. The number of aromatic carboxylic acids is 1. The first-order valence-electron chi connectivity index (χ1n) is 19.0. The number of aromatic hydroxyl groups is 1. The van der Waals surface area contributed by atoms with Gasteiger partial charge in [-0.2, -0.15) is 5.26 Å². The van der Waals surface area contributed by atoms with Crippen molar-refractivity contribution in [2.24, 2.45) is 5.84 Å². The number of carboxylic acid groups (broad SMARTS) is 1. The molecule has 5 aromatic rings. The maximum Gasteiger partial charge on any atom is 0.335 e. The van der Waals surface area contributed by atoms with E-state index in [4.69, 9.17) is 20.9 Å². The van der Waals surface area contributed by atoms with E-state index < -0.39 is 48.0 Å². The Morgan fingerprint density at radius 2 is 1.44 bits per heavy atom. The summed E-state index contributed by atoms with van der Waals surface area (Å²) in [5.74, 6) is 0.716. The number of ether oxygens (including phenoxy) is 1. The van der Waals surface area contributed by atoms with Crippen LogP contribution in [0.2, 0.25) is 0 Å². The van der Waals surface area contributed by atoms with Gasteiger partial charge < -0.3 is 41.6 Å². The molecule has 63 heavy (non-hydrogen) atoms. The highest BCUT2D eigenvalue weighted by Gasteiger charge is 2.23. The predicted octanol–water partition coefficient (Wildman–Crippen LogP) is 4.74. The van der Waals surface area contributed by atoms with Gasteiger partial charge in [0.05, 0.1) is 65.1 Å². The number of carbonyl (C=O) groups excluding carboxylic acids is 5. The van der Waals surface area contributed by atoms with Crippen molar-refractivity contribution in [3.63, 3.8) is 0 Å². The number of rotatable bonds is 17. The molecule has 0 fully saturated rings. The zero-order chi connectivity index (χ0) is 45.6. The second kappa shape index (κ2) is 21.0. The quantitative estimate of drug-likeness (QED) is 0.0451. The standard InChI is InChI=1S/C44H42N10O9/c1-25(2)63-40-35(19-17-34(39(40)57)42(59)51-32-14-10-30(11-15-32)44(61)62)52-43(60)36-18-16-33(23-47-36)53-54(26(3)22-49-46)38(56)24-48-41(58)29-8-12-31(13-9-29)50-37(55)20-27-4-6-28(21-45)7-5-27/h4-19,22-23,25,49,53,57H,20,24,46H2,1-3H3,(H,48,58)(H,50,55)(H,51,59)(H,52,60)(H,61,62)/b26-22-. The molecule has 0 unspecified atom stereocenters. The third-order valence-electron chi connectivity index (χ3n) is 8.78. The molecule has 19 nitrogen and oxygen atoms in total. The van der Waals surface area contributed by atoms with Gasteiger partial charge in [0.2, 0.25) is 5.91 Å². The van der Waals surface area contributed by atoms with Crippen molar-refractivity contribution in [2.75, 3.05) is 27.9 Å². The van der Waals surface area contributed by atoms with Crippen LogP contribution in [-0.2, 0) is 16.0 Å². The zero-order valence-corrected chi connectivity index (χ0v) is 34.1. The molecule has 5 rings (SSSR count). The zero-order valence-electron chi connectivity index (χ0n) is 34.1. The first-order valence-corrected chi connectivity index (χ1v) is 19.0. The van der Waals surface area contributed by atoms with Gasteiger partial charge in [0.25, 0.3) is 23.6 Å². The number of nitriles is 1. The smallest absolute Gasteiger partial charge is 0.335 e. The van der Waals surface area contributed by atoms with Gasteiger partial charge in [0.15, 0.2) is 11.5 Å². The van der Waals surface area contributed by atoms with Gasteiger partial charge in [0.1, 0.15) is 5.69 Å². The van der Waals surface area contributed by atoms with Crippen molar-refractivity contribution in [1.29, 1.82) is 5.26 Å². The molecule has 0 atom stereocenters. The number of anilines is 4. The first-order chi connectivity index (χ1) is 30.1. The van der Waals surface area contributed by atoms with Crippen molar-refractivity contribution < 1.29 is 43.7 Å². The maximum atomic E-state index is 13.4. The van der Waals surface area contributed by atoms with Gasteiger partial charge in [-0.1, -0.05) is 12.1 Å². The summed E-state index contributed by atoms with van der Waals surface area (Å²) in [5.41, 5.74) is 7.76. The van der Waals surface area contributed by atoms with Crippen LogP contribution in [-0.4, -0.2) is 68.4 Å². The molecule has 0 aliphatic carbocycles. The number of phenolic OH excluding ortho intramolecular Hbond substituents is 1. The number of nitrogens with two attached hydrogens (primary N) is 1. The molecule has 5 amide bonds. The molecule has 0 saturated heterocycles. The number of aromatic nitrogens is 1. The summed E-state index contributed by atoms with van der Waals surface area (Å²) >= 11 is 0. The van der Waals surface area contributed by atoms with Crippen LogP contribution in [0, 0.1) is 11.3 Å². The Morgan fingerprint density at radius 3 is 2.03 bits per heavy atom. The molecule has 0 bridgehead atoms. The lowest BCUT2D eigenvalue weighted by Gasteiger charge is -2.25. The number of amides is 5. The number of benzene rings is 4. The lowest BCUT2D eigenvalue weighted by molar-refractivity contribution is -0.127. The van der Waals surface area contributed by atoms with Gasteiger partial charge in [0, 0.05) is 23.1 Å². The van der Waals surface area contributed by atoms with Crippen LogP contribution in [0.15, 0.2) is 115 Å². The topological polar surface area (TPSA) is 290 Å². The number of nitrogens with one attached hydrogen (secondary N) is 6. The highest BCUT2D eigenvalue weighted by Crippen LogP contribution is 2.39. The number of phenols is 1. The van der Waals surface area contributed by atoms with E-state index in [2.05, 4.69) is 37.1 Å². The maximum absolute atomic E-state index is 13.4. The SMILES string of the molecule is C/C(=C/NN)N(Nc1ccc(C(=O)Nc2ccc(C(=O)Nc3ccc(C(=O)O)cc3)c(O)c2OC(C)C)nc1)C(=O)CNC(=O)c1ccc(NC(=O)Cc2ccc(C#N)cc2)cc1. The number of nitrogens with zero attached hydrogens (tertiary/aromatic N) is 3. The van der Waals surface area contributed by atoms with E-state index in [1.807, 2.05) is 6.07 Å². The monoisotopic (exact) mass is 854 g/mol.